The van der Waals surface area contributed by atoms with Crippen molar-refractivity contribution in [2.24, 2.45) is 0 Å². The Kier molecular flexibility index (Phi) is 7.11. The first-order chi connectivity index (χ1) is 23.5. The molecule has 0 aromatic heterocycles. The largest absolute Gasteiger partial charge is 0.507 e. The molecule has 0 fully saturated rings. The van der Waals surface area contributed by atoms with E-state index in [0.717, 1.165) is 38.9 Å². The Morgan fingerprint density at radius 1 is 0.396 bits per heavy atom. The third kappa shape index (κ3) is 4.74. The number of benzene rings is 7. The molecule has 1 heterocycles. The van der Waals surface area contributed by atoms with Gasteiger partial charge in [-0.1, -0.05) is 140 Å². The molecule has 0 unspecified atom stereocenters. The molecular formula is C44H31NO3. The highest BCUT2D eigenvalue weighted by atomic mass is 16.3. The van der Waals surface area contributed by atoms with Gasteiger partial charge in [0.1, 0.15) is 17.0 Å². The van der Waals surface area contributed by atoms with Crippen molar-refractivity contribution in [3.05, 3.63) is 192 Å². The summed E-state index contributed by atoms with van der Waals surface area (Å²) < 4.78 is 0. The molecule has 3 N–H and O–H groups in total. The Balaban J connectivity index is 1.50. The van der Waals surface area contributed by atoms with Crippen LogP contribution in [0, 0.1) is 0 Å². The number of hydrogen-bond acceptors (Lipinski definition) is 3. The maximum absolute atomic E-state index is 14.0. The van der Waals surface area contributed by atoms with E-state index >= 15 is 0 Å². The van der Waals surface area contributed by atoms with Crippen LogP contribution >= 0.6 is 0 Å². The van der Waals surface area contributed by atoms with Crippen LogP contribution in [0.1, 0.15) is 27.0 Å². The topological polar surface area (TPSA) is 69.6 Å². The number of rotatable bonds is 6. The first-order valence-electron chi connectivity index (χ1n) is 15.9. The molecule has 7 aromatic rings. The number of hydrogen-bond donors (Lipinski definition) is 3. The predicted molar refractivity (Wildman–Crippen MR) is 192 cm³/mol. The smallest absolute Gasteiger partial charge is 0.252 e. The van der Waals surface area contributed by atoms with Crippen LogP contribution in [0.5, 0.6) is 11.5 Å². The van der Waals surface area contributed by atoms with E-state index in [0.29, 0.717) is 27.8 Å². The van der Waals surface area contributed by atoms with Crippen molar-refractivity contribution in [3.63, 3.8) is 0 Å². The van der Waals surface area contributed by atoms with Crippen molar-refractivity contribution in [2.75, 3.05) is 0 Å². The fraction of sp³-hybridized carbons (Fsp3) is 0.0227. The molecule has 0 bridgehead atoms. The van der Waals surface area contributed by atoms with Gasteiger partial charge in [-0.05, 0) is 69.3 Å². The maximum Gasteiger partial charge on any atom is 0.252 e. The number of amides is 1. The van der Waals surface area contributed by atoms with E-state index < -0.39 is 5.54 Å². The minimum atomic E-state index is -1.17. The third-order valence-corrected chi connectivity index (χ3v) is 9.30. The predicted octanol–water partition coefficient (Wildman–Crippen LogP) is 9.80. The molecule has 8 rings (SSSR count). The fourth-order valence-electron chi connectivity index (χ4n) is 6.99. The summed E-state index contributed by atoms with van der Waals surface area (Å²) in [5.74, 6) is 0.117. The molecule has 1 aliphatic rings. The van der Waals surface area contributed by atoms with Gasteiger partial charge in [-0.2, -0.15) is 0 Å². The van der Waals surface area contributed by atoms with Gasteiger partial charge in [-0.15, -0.1) is 0 Å². The SMILES string of the molecule is O=C1NC(c2cc(-c3ccccc3)c(O)c(-c3ccccc3)c2)(c2cc(-c3ccccc3)c(O)c(-c3ccccc3)c2)c2ccccc21. The fourth-order valence-corrected chi connectivity index (χ4v) is 6.99. The molecule has 0 aliphatic carbocycles. The maximum atomic E-state index is 14.0. The van der Waals surface area contributed by atoms with Crippen LogP contribution in [0.15, 0.2) is 170 Å². The Bertz CT molecular complexity index is 2030. The van der Waals surface area contributed by atoms with Crippen LogP contribution in [0.2, 0.25) is 0 Å². The molecule has 0 radical (unpaired) electrons. The van der Waals surface area contributed by atoms with Crippen molar-refractivity contribution >= 4 is 5.91 Å². The van der Waals surface area contributed by atoms with Crippen LogP contribution in [0.3, 0.4) is 0 Å². The number of carbonyl (C=O) groups excluding carboxylic acids is 1. The van der Waals surface area contributed by atoms with Crippen LogP contribution in [0.4, 0.5) is 0 Å². The molecule has 0 atom stereocenters. The number of fused-ring (bicyclic) bond motifs is 1. The summed E-state index contributed by atoms with van der Waals surface area (Å²) in [5, 5.41) is 27.1. The van der Waals surface area contributed by atoms with Crippen LogP contribution in [-0.2, 0) is 5.54 Å². The quantitative estimate of drug-likeness (QED) is 0.173. The highest BCUT2D eigenvalue weighted by molar-refractivity contribution is 6.02. The zero-order valence-corrected chi connectivity index (χ0v) is 26.0. The lowest BCUT2D eigenvalue weighted by Gasteiger charge is -2.34. The van der Waals surface area contributed by atoms with Crippen molar-refractivity contribution in [2.45, 2.75) is 5.54 Å². The van der Waals surface area contributed by atoms with Crippen LogP contribution in [-0.4, -0.2) is 16.1 Å². The second-order valence-corrected chi connectivity index (χ2v) is 12.1. The number of aromatic hydroxyl groups is 2. The molecule has 0 spiro atoms. The van der Waals surface area contributed by atoms with Crippen molar-refractivity contribution < 1.29 is 15.0 Å². The van der Waals surface area contributed by atoms with E-state index in [4.69, 9.17) is 0 Å². The first-order valence-corrected chi connectivity index (χ1v) is 15.9. The lowest BCUT2D eigenvalue weighted by Crippen LogP contribution is -2.41. The van der Waals surface area contributed by atoms with Crippen LogP contribution < -0.4 is 5.32 Å². The van der Waals surface area contributed by atoms with E-state index in [1.165, 1.54) is 0 Å². The van der Waals surface area contributed by atoms with Gasteiger partial charge in [0.25, 0.3) is 5.91 Å². The standard InChI is InChI=1S/C44H31NO3/c46-41-36(29-15-5-1-6-16-29)25-33(26-37(41)30-17-7-2-8-18-30)44(40-24-14-13-23-35(40)43(48)45-44)34-27-38(31-19-9-3-10-20-31)42(47)39(28-34)32-21-11-4-12-22-32/h1-28,46-47H,(H,45,48). The second-order valence-electron chi connectivity index (χ2n) is 12.1. The first kappa shape index (κ1) is 29.0. The summed E-state index contributed by atoms with van der Waals surface area (Å²) in [7, 11) is 0. The van der Waals surface area contributed by atoms with Crippen molar-refractivity contribution in [1.82, 2.24) is 5.32 Å². The van der Waals surface area contributed by atoms with E-state index in [2.05, 4.69) is 5.32 Å². The molecule has 230 valence electrons. The number of carbonyl (C=O) groups is 1. The average molecular weight is 622 g/mol. The summed E-state index contributed by atoms with van der Waals surface area (Å²) >= 11 is 0. The summed E-state index contributed by atoms with van der Waals surface area (Å²) in [4.78, 5) is 14.0. The number of phenolic OH excluding ortho intramolecular Hbond substituents is 2. The minimum absolute atomic E-state index is 0.157. The number of nitrogens with one attached hydrogen (secondary N) is 1. The summed E-state index contributed by atoms with van der Waals surface area (Å²) in [5.41, 5.74) is 7.74. The summed E-state index contributed by atoms with van der Waals surface area (Å²) in [6, 6.07) is 54.8. The Hall–Kier alpha value is -6.39. The molecule has 7 aromatic carbocycles. The average Bonchev–Trinajstić information content (AvgIpc) is 3.46. The van der Waals surface area contributed by atoms with Crippen molar-refractivity contribution in [3.8, 4) is 56.0 Å². The van der Waals surface area contributed by atoms with Gasteiger partial charge in [0, 0.05) is 27.8 Å². The molecule has 1 aliphatic heterocycles. The molecule has 4 heteroatoms. The molecule has 48 heavy (non-hydrogen) atoms. The highest BCUT2D eigenvalue weighted by Crippen LogP contribution is 2.50. The third-order valence-electron chi connectivity index (χ3n) is 9.30. The Morgan fingerprint density at radius 2 is 0.708 bits per heavy atom. The van der Waals surface area contributed by atoms with E-state index in [1.54, 1.807) is 0 Å². The van der Waals surface area contributed by atoms with E-state index in [-0.39, 0.29) is 17.4 Å². The molecule has 1 amide bonds. The van der Waals surface area contributed by atoms with Gasteiger partial charge >= 0.3 is 0 Å². The monoisotopic (exact) mass is 621 g/mol. The van der Waals surface area contributed by atoms with Gasteiger partial charge in [0.05, 0.1) is 0 Å². The van der Waals surface area contributed by atoms with Gasteiger partial charge in [-0.3, -0.25) is 4.79 Å². The zero-order chi connectivity index (χ0) is 32.7. The van der Waals surface area contributed by atoms with Gasteiger partial charge in [0.15, 0.2) is 0 Å². The van der Waals surface area contributed by atoms with Gasteiger partial charge in [-0.25, -0.2) is 0 Å². The van der Waals surface area contributed by atoms with E-state index in [9.17, 15) is 15.0 Å². The summed E-state index contributed by atoms with van der Waals surface area (Å²) in [6.07, 6.45) is 0. The minimum Gasteiger partial charge on any atom is -0.507 e. The number of phenols is 2. The van der Waals surface area contributed by atoms with Crippen LogP contribution in [0.25, 0.3) is 44.5 Å². The second kappa shape index (κ2) is 11.8. The van der Waals surface area contributed by atoms with E-state index in [1.807, 2.05) is 170 Å². The highest BCUT2D eigenvalue weighted by Gasteiger charge is 2.47. The summed E-state index contributed by atoms with van der Waals surface area (Å²) in [6.45, 7) is 0. The Morgan fingerprint density at radius 3 is 1.06 bits per heavy atom. The zero-order valence-electron chi connectivity index (χ0n) is 26.0. The molecule has 0 saturated heterocycles. The van der Waals surface area contributed by atoms with Crippen molar-refractivity contribution in [1.29, 1.82) is 0 Å². The lowest BCUT2D eigenvalue weighted by molar-refractivity contribution is 0.0948. The normalized spacial score (nSPS) is 13.1. The molecule has 0 saturated carbocycles. The van der Waals surface area contributed by atoms with Gasteiger partial charge in [0.2, 0.25) is 0 Å². The molecule has 4 nitrogen and oxygen atoms in total. The lowest BCUT2D eigenvalue weighted by atomic mass is 9.74. The van der Waals surface area contributed by atoms with Gasteiger partial charge < -0.3 is 15.5 Å². The molecular weight excluding hydrogens is 590 g/mol. The Labute approximate surface area is 279 Å².